The lowest BCUT2D eigenvalue weighted by molar-refractivity contribution is -0.134. The number of nitrogens with one attached hydrogen (secondary N) is 1. The summed E-state index contributed by atoms with van der Waals surface area (Å²) in [6, 6.07) is 13.4. The van der Waals surface area contributed by atoms with Gasteiger partial charge >= 0.3 is 0 Å². The lowest BCUT2D eigenvalue weighted by Gasteiger charge is -2.31. The molecule has 2 heterocycles. The molecule has 0 bridgehead atoms. The molecule has 1 atom stereocenters. The van der Waals surface area contributed by atoms with E-state index in [1.165, 1.54) is 17.0 Å². The molecule has 8 nitrogen and oxygen atoms in total. The molecule has 0 radical (unpaired) electrons. The van der Waals surface area contributed by atoms with E-state index in [1.807, 2.05) is 36.1 Å². The molecule has 3 aromatic rings. The highest BCUT2D eigenvalue weighted by atomic mass is 19.1. The summed E-state index contributed by atoms with van der Waals surface area (Å²) in [5, 5.41) is 6.84. The number of likely N-dealkylation sites (N-methyl/N-ethyl adjacent to an activating group) is 1. The molecule has 0 aliphatic carbocycles. The van der Waals surface area contributed by atoms with Gasteiger partial charge in [-0.05, 0) is 62.7 Å². The van der Waals surface area contributed by atoms with Crippen LogP contribution >= 0.6 is 0 Å². The summed E-state index contributed by atoms with van der Waals surface area (Å²) in [5.41, 5.74) is 2.50. The minimum absolute atomic E-state index is 0.0124. The van der Waals surface area contributed by atoms with Crippen LogP contribution in [0.3, 0.4) is 0 Å². The van der Waals surface area contributed by atoms with Crippen LogP contribution in [-0.2, 0) is 9.59 Å². The molecule has 1 saturated heterocycles. The number of benzene rings is 2. The van der Waals surface area contributed by atoms with Crippen molar-refractivity contribution < 1.29 is 18.5 Å². The molecule has 2 amide bonds. The first-order valence-corrected chi connectivity index (χ1v) is 11.3. The highest BCUT2D eigenvalue weighted by Crippen LogP contribution is 2.27. The van der Waals surface area contributed by atoms with E-state index >= 15 is 0 Å². The summed E-state index contributed by atoms with van der Waals surface area (Å²) in [6.07, 6.45) is 1.77. The van der Waals surface area contributed by atoms with Crippen LogP contribution in [0.15, 0.2) is 53.1 Å². The standard InChI is InChI=1S/C25H28FN5O3/c1-17-5-11-21(12-6-17)27-22(32)15-30(2)23(33)16-31-13-3-4-19(14-31)25-28-24(29-34-25)18-7-9-20(26)10-8-18/h5-12,19H,3-4,13-16H2,1-2H3,(H,27,32). The fraction of sp³-hybridized carbons (Fsp3) is 0.360. The van der Waals surface area contributed by atoms with E-state index in [-0.39, 0.29) is 36.6 Å². The van der Waals surface area contributed by atoms with Crippen LogP contribution in [0, 0.1) is 12.7 Å². The quantitative estimate of drug-likeness (QED) is 0.575. The summed E-state index contributed by atoms with van der Waals surface area (Å²) in [5.74, 6) is 0.258. The summed E-state index contributed by atoms with van der Waals surface area (Å²) in [4.78, 5) is 33.0. The highest BCUT2D eigenvalue weighted by Gasteiger charge is 2.28. The molecule has 2 aromatic carbocycles. The molecule has 1 unspecified atom stereocenters. The van der Waals surface area contributed by atoms with Crippen LogP contribution in [0.25, 0.3) is 11.4 Å². The van der Waals surface area contributed by atoms with Crippen molar-refractivity contribution in [2.75, 3.05) is 38.5 Å². The van der Waals surface area contributed by atoms with Crippen molar-refractivity contribution in [2.24, 2.45) is 0 Å². The van der Waals surface area contributed by atoms with Crippen LogP contribution in [0.4, 0.5) is 10.1 Å². The van der Waals surface area contributed by atoms with Gasteiger partial charge < -0.3 is 14.7 Å². The molecule has 9 heteroatoms. The Kier molecular flexibility index (Phi) is 7.32. The Bertz CT molecular complexity index is 1130. The molecule has 1 aliphatic heterocycles. The number of aryl methyl sites for hydroxylation is 1. The topological polar surface area (TPSA) is 91.6 Å². The average Bonchev–Trinajstić information content (AvgIpc) is 3.31. The molecule has 34 heavy (non-hydrogen) atoms. The fourth-order valence-electron chi connectivity index (χ4n) is 3.97. The normalized spacial score (nSPS) is 16.3. The number of hydrogen-bond donors (Lipinski definition) is 1. The van der Waals surface area contributed by atoms with Crippen LogP contribution in [0.1, 0.15) is 30.2 Å². The number of rotatable bonds is 7. The Morgan fingerprint density at radius 3 is 2.65 bits per heavy atom. The van der Waals surface area contributed by atoms with Gasteiger partial charge in [0.15, 0.2) is 0 Å². The summed E-state index contributed by atoms with van der Waals surface area (Å²) < 4.78 is 18.6. The zero-order chi connectivity index (χ0) is 24.1. The monoisotopic (exact) mass is 465 g/mol. The van der Waals surface area contributed by atoms with E-state index in [1.54, 1.807) is 19.2 Å². The van der Waals surface area contributed by atoms with Crippen molar-refractivity contribution in [3.63, 3.8) is 0 Å². The number of halogens is 1. The van der Waals surface area contributed by atoms with E-state index in [2.05, 4.69) is 15.5 Å². The van der Waals surface area contributed by atoms with Crippen molar-refractivity contribution >= 4 is 17.5 Å². The van der Waals surface area contributed by atoms with Gasteiger partial charge in [-0.2, -0.15) is 4.98 Å². The molecule has 1 aromatic heterocycles. The van der Waals surface area contributed by atoms with Crippen molar-refractivity contribution in [2.45, 2.75) is 25.7 Å². The van der Waals surface area contributed by atoms with Gasteiger partial charge in [0, 0.05) is 24.8 Å². The molecular weight excluding hydrogens is 437 g/mol. The van der Waals surface area contributed by atoms with Gasteiger partial charge in [-0.25, -0.2) is 4.39 Å². The average molecular weight is 466 g/mol. The lowest BCUT2D eigenvalue weighted by Crippen LogP contribution is -2.44. The zero-order valence-electron chi connectivity index (χ0n) is 19.3. The summed E-state index contributed by atoms with van der Waals surface area (Å²) >= 11 is 0. The number of hydrogen-bond acceptors (Lipinski definition) is 6. The van der Waals surface area contributed by atoms with Crippen molar-refractivity contribution in [1.29, 1.82) is 0 Å². The molecule has 1 fully saturated rings. The number of anilines is 1. The maximum Gasteiger partial charge on any atom is 0.243 e. The van der Waals surface area contributed by atoms with Crippen molar-refractivity contribution in [1.82, 2.24) is 19.9 Å². The van der Waals surface area contributed by atoms with Gasteiger partial charge in [-0.3, -0.25) is 14.5 Å². The Morgan fingerprint density at radius 1 is 1.18 bits per heavy atom. The number of carbonyl (C=O) groups is 2. The largest absolute Gasteiger partial charge is 0.339 e. The summed E-state index contributed by atoms with van der Waals surface area (Å²) in [7, 11) is 1.63. The predicted molar refractivity (Wildman–Crippen MR) is 126 cm³/mol. The maximum absolute atomic E-state index is 13.2. The third kappa shape index (κ3) is 6.05. The second-order valence-corrected chi connectivity index (χ2v) is 8.70. The van der Waals surface area contributed by atoms with Gasteiger partial charge in [-0.15, -0.1) is 0 Å². The second-order valence-electron chi connectivity index (χ2n) is 8.70. The highest BCUT2D eigenvalue weighted by molar-refractivity contribution is 5.94. The first kappa shape index (κ1) is 23.6. The van der Waals surface area contributed by atoms with Crippen LogP contribution in [0.2, 0.25) is 0 Å². The van der Waals surface area contributed by atoms with E-state index in [9.17, 15) is 14.0 Å². The van der Waals surface area contributed by atoms with Crippen LogP contribution in [0.5, 0.6) is 0 Å². The molecule has 178 valence electrons. The third-order valence-corrected chi connectivity index (χ3v) is 5.90. The third-order valence-electron chi connectivity index (χ3n) is 5.90. The van der Waals surface area contributed by atoms with Crippen LogP contribution in [-0.4, -0.2) is 65.0 Å². The molecular formula is C25H28FN5O3. The van der Waals surface area contributed by atoms with Crippen molar-refractivity contribution in [3.05, 3.63) is 65.8 Å². The second kappa shape index (κ2) is 10.6. The number of carbonyl (C=O) groups excluding carboxylic acids is 2. The Balaban J connectivity index is 1.29. The van der Waals surface area contributed by atoms with E-state index in [0.29, 0.717) is 29.5 Å². The number of aromatic nitrogens is 2. The van der Waals surface area contributed by atoms with Crippen molar-refractivity contribution in [3.8, 4) is 11.4 Å². The van der Waals surface area contributed by atoms with Gasteiger partial charge in [-0.1, -0.05) is 22.9 Å². The number of piperidine rings is 1. The number of nitrogens with zero attached hydrogens (tertiary/aromatic N) is 4. The smallest absolute Gasteiger partial charge is 0.243 e. The minimum Gasteiger partial charge on any atom is -0.339 e. The molecule has 4 rings (SSSR count). The van der Waals surface area contributed by atoms with E-state index < -0.39 is 0 Å². The molecule has 1 aliphatic rings. The van der Waals surface area contributed by atoms with Crippen LogP contribution < -0.4 is 5.32 Å². The first-order valence-electron chi connectivity index (χ1n) is 11.3. The Hall–Kier alpha value is -3.59. The minimum atomic E-state index is -0.322. The van der Waals surface area contributed by atoms with E-state index in [4.69, 9.17) is 4.52 Å². The molecule has 0 spiro atoms. The first-order chi connectivity index (χ1) is 16.4. The summed E-state index contributed by atoms with van der Waals surface area (Å²) in [6.45, 7) is 3.56. The SMILES string of the molecule is Cc1ccc(NC(=O)CN(C)C(=O)CN2CCCC(c3nc(-c4ccc(F)cc4)no3)C2)cc1. The Morgan fingerprint density at radius 2 is 1.91 bits per heavy atom. The number of amides is 2. The predicted octanol–water partition coefficient (Wildman–Crippen LogP) is 3.46. The Labute approximate surface area is 197 Å². The lowest BCUT2D eigenvalue weighted by atomic mass is 9.98. The van der Waals surface area contributed by atoms with Gasteiger partial charge in [0.2, 0.25) is 23.5 Å². The zero-order valence-corrected chi connectivity index (χ0v) is 19.3. The van der Waals surface area contributed by atoms with Gasteiger partial charge in [0.1, 0.15) is 5.82 Å². The maximum atomic E-state index is 13.2. The fourth-order valence-corrected chi connectivity index (χ4v) is 3.97. The van der Waals surface area contributed by atoms with E-state index in [0.717, 1.165) is 24.9 Å². The molecule has 0 saturated carbocycles. The van der Waals surface area contributed by atoms with Gasteiger partial charge in [0.25, 0.3) is 0 Å². The number of likely N-dealkylation sites (tertiary alicyclic amines) is 1. The van der Waals surface area contributed by atoms with Gasteiger partial charge in [0.05, 0.1) is 19.0 Å². The molecule has 1 N–H and O–H groups in total.